The highest BCUT2D eigenvalue weighted by atomic mass is 35.5. The number of nitrogens with zero attached hydrogens (tertiary/aromatic N) is 4. The van der Waals surface area contributed by atoms with Gasteiger partial charge >= 0.3 is 0 Å². The van der Waals surface area contributed by atoms with Gasteiger partial charge in [0.15, 0.2) is 17.2 Å². The molecule has 0 aliphatic carbocycles. The fourth-order valence-corrected chi connectivity index (χ4v) is 4.85. The number of hydrogen-bond donors (Lipinski definition) is 2. The molecule has 1 aliphatic rings. The van der Waals surface area contributed by atoms with E-state index in [1.54, 1.807) is 19.2 Å². The quantitative estimate of drug-likeness (QED) is 0.269. The summed E-state index contributed by atoms with van der Waals surface area (Å²) < 4.78 is 16.9. The number of pyridine rings is 1. The summed E-state index contributed by atoms with van der Waals surface area (Å²) in [7, 11) is 5.25. The molecule has 1 saturated heterocycles. The molecule has 4 rings (SSSR count). The second-order valence-corrected chi connectivity index (χ2v) is 9.54. The number of ether oxygens (including phenoxy) is 3. The summed E-state index contributed by atoms with van der Waals surface area (Å²) in [6, 6.07) is 9.24. The number of benzene rings is 2. The van der Waals surface area contributed by atoms with E-state index >= 15 is 0 Å². The topological polar surface area (TPSA) is 120 Å². The highest BCUT2D eigenvalue weighted by molar-refractivity contribution is 6.37. The van der Waals surface area contributed by atoms with Gasteiger partial charge in [-0.15, -0.1) is 0 Å². The van der Waals surface area contributed by atoms with E-state index in [0.29, 0.717) is 61.7 Å². The van der Waals surface area contributed by atoms with Gasteiger partial charge in [0.05, 0.1) is 47.6 Å². The van der Waals surface area contributed by atoms with Crippen LogP contribution < -0.4 is 19.5 Å². The molecule has 39 heavy (non-hydrogen) atoms. The zero-order chi connectivity index (χ0) is 28.4. The number of nitriles is 1. The first kappa shape index (κ1) is 30.1. The molecule has 0 unspecified atom stereocenters. The van der Waals surface area contributed by atoms with Crippen molar-refractivity contribution in [2.45, 2.75) is 6.42 Å². The summed E-state index contributed by atoms with van der Waals surface area (Å²) >= 11 is 12.6. The molecule has 1 aliphatic heterocycles. The third-order valence-corrected chi connectivity index (χ3v) is 6.78. The van der Waals surface area contributed by atoms with Gasteiger partial charge in [0.25, 0.3) is 6.47 Å². The normalized spacial score (nSPS) is 13.6. The lowest BCUT2D eigenvalue weighted by atomic mass is 10.1. The lowest BCUT2D eigenvalue weighted by molar-refractivity contribution is -0.122. The molecule has 0 saturated carbocycles. The molecule has 2 aromatic carbocycles. The number of methoxy groups -OCH3 is 2. The lowest BCUT2D eigenvalue weighted by Gasteiger charge is -2.32. The van der Waals surface area contributed by atoms with Crippen LogP contribution in [0.25, 0.3) is 10.9 Å². The molecule has 2 heterocycles. The predicted molar refractivity (Wildman–Crippen MR) is 152 cm³/mol. The van der Waals surface area contributed by atoms with Gasteiger partial charge in [-0.25, -0.2) is 0 Å². The molecule has 2 N–H and O–H groups in total. The van der Waals surface area contributed by atoms with Crippen LogP contribution in [0.15, 0.2) is 30.5 Å². The Hall–Kier alpha value is -3.49. The van der Waals surface area contributed by atoms with E-state index < -0.39 is 0 Å². The number of carboxylic acid groups (broad SMARTS) is 1. The van der Waals surface area contributed by atoms with Crippen molar-refractivity contribution in [2.75, 3.05) is 65.9 Å². The van der Waals surface area contributed by atoms with Crippen LogP contribution >= 0.6 is 23.2 Å². The number of carbonyl (C=O) groups is 1. The molecule has 1 aromatic heterocycles. The molecule has 0 amide bonds. The molecule has 0 atom stereocenters. The maximum atomic E-state index is 9.73. The average molecular weight is 576 g/mol. The van der Waals surface area contributed by atoms with Crippen molar-refractivity contribution in [2.24, 2.45) is 0 Å². The van der Waals surface area contributed by atoms with Gasteiger partial charge in [-0.05, 0) is 31.7 Å². The second-order valence-electron chi connectivity index (χ2n) is 8.73. The van der Waals surface area contributed by atoms with E-state index in [2.05, 4.69) is 33.2 Å². The van der Waals surface area contributed by atoms with Crippen LogP contribution in [0.3, 0.4) is 0 Å². The Bertz CT molecular complexity index is 1300. The van der Waals surface area contributed by atoms with Crippen molar-refractivity contribution >= 4 is 52.0 Å². The first-order valence-electron chi connectivity index (χ1n) is 12.2. The number of aromatic nitrogens is 1. The summed E-state index contributed by atoms with van der Waals surface area (Å²) in [5.41, 5.74) is 2.21. The molecular weight excluding hydrogens is 545 g/mol. The number of nitrogens with one attached hydrogen (secondary N) is 1. The van der Waals surface area contributed by atoms with E-state index in [4.69, 9.17) is 47.3 Å². The Morgan fingerprint density at radius 1 is 1.10 bits per heavy atom. The molecule has 0 radical (unpaired) electrons. The van der Waals surface area contributed by atoms with Crippen LogP contribution in [0, 0.1) is 11.3 Å². The molecule has 12 heteroatoms. The maximum Gasteiger partial charge on any atom is 0.290 e. The largest absolute Gasteiger partial charge is 0.494 e. The lowest BCUT2D eigenvalue weighted by Crippen LogP contribution is -2.44. The van der Waals surface area contributed by atoms with Crippen LogP contribution in [0.1, 0.15) is 12.0 Å². The SMILES string of the molecule is COc1cc2c(Nc3cc(Cl)c(OC)c(Cl)c3)c(C#N)cnc2cc1OCCCN1CCN(C)CC1.O=CO. The molecule has 10 nitrogen and oxygen atoms in total. The molecule has 0 spiro atoms. The van der Waals surface area contributed by atoms with E-state index in [9.17, 15) is 5.26 Å². The van der Waals surface area contributed by atoms with Crippen molar-refractivity contribution in [3.8, 4) is 23.3 Å². The minimum absolute atomic E-state index is 0.250. The number of anilines is 2. The fraction of sp³-hybridized carbons (Fsp3) is 0.370. The third kappa shape index (κ3) is 7.77. The summed E-state index contributed by atoms with van der Waals surface area (Å²) in [6.07, 6.45) is 2.44. The molecule has 0 bridgehead atoms. The van der Waals surface area contributed by atoms with E-state index in [0.717, 1.165) is 39.1 Å². The van der Waals surface area contributed by atoms with Gasteiger partial charge < -0.3 is 34.4 Å². The van der Waals surface area contributed by atoms with Crippen molar-refractivity contribution in [3.63, 3.8) is 0 Å². The number of rotatable bonds is 9. The molecule has 3 aromatic rings. The molecule has 1 fully saturated rings. The summed E-state index contributed by atoms with van der Waals surface area (Å²) in [5, 5.41) is 21.3. The van der Waals surface area contributed by atoms with Gasteiger partial charge in [0.2, 0.25) is 0 Å². The van der Waals surface area contributed by atoms with Crippen LogP contribution in [-0.2, 0) is 4.79 Å². The summed E-state index contributed by atoms with van der Waals surface area (Å²) in [4.78, 5) is 17.6. The zero-order valence-corrected chi connectivity index (χ0v) is 23.6. The second kappa shape index (κ2) is 14.6. The Morgan fingerprint density at radius 3 is 2.36 bits per heavy atom. The number of halogens is 2. The van der Waals surface area contributed by atoms with Crippen LogP contribution in [0.2, 0.25) is 10.0 Å². The standard InChI is InChI=1S/C26H29Cl2N5O3.CH2O2/c1-32-6-8-33(9-7-32)5-4-10-36-24-14-22-19(13-23(24)34-2)25(17(15-29)16-30-22)31-18-11-20(27)26(35-3)21(28)12-18;2-1-3/h11-14,16H,4-10H2,1-3H3,(H,30,31);1H,(H,2,3). The Balaban J connectivity index is 0.00000134. The van der Waals surface area contributed by atoms with Gasteiger partial charge in [0.1, 0.15) is 6.07 Å². The van der Waals surface area contributed by atoms with Gasteiger partial charge in [-0.3, -0.25) is 9.78 Å². The maximum absolute atomic E-state index is 9.73. The number of fused-ring (bicyclic) bond motifs is 1. The van der Waals surface area contributed by atoms with Crippen molar-refractivity contribution in [1.82, 2.24) is 14.8 Å². The molecular formula is C27H31Cl2N5O5. The minimum atomic E-state index is -0.250. The van der Waals surface area contributed by atoms with E-state index in [-0.39, 0.29) is 6.47 Å². The number of hydrogen-bond acceptors (Lipinski definition) is 9. The molecule has 208 valence electrons. The predicted octanol–water partition coefficient (Wildman–Crippen LogP) is 4.89. The van der Waals surface area contributed by atoms with Crippen molar-refractivity contribution < 1.29 is 24.1 Å². The average Bonchev–Trinajstić information content (AvgIpc) is 2.92. The van der Waals surface area contributed by atoms with E-state index in [1.807, 2.05) is 12.1 Å². The van der Waals surface area contributed by atoms with Crippen LogP contribution in [0.5, 0.6) is 17.2 Å². The Kier molecular flexibility index (Phi) is 11.3. The highest BCUT2D eigenvalue weighted by Gasteiger charge is 2.17. The van der Waals surface area contributed by atoms with Crippen LogP contribution in [0.4, 0.5) is 11.4 Å². The first-order chi connectivity index (χ1) is 18.8. The van der Waals surface area contributed by atoms with Crippen molar-refractivity contribution in [1.29, 1.82) is 5.26 Å². The van der Waals surface area contributed by atoms with Crippen molar-refractivity contribution in [3.05, 3.63) is 46.1 Å². The number of likely N-dealkylation sites (N-methyl/N-ethyl adjacent to an activating group) is 1. The summed E-state index contributed by atoms with van der Waals surface area (Å²) in [5.74, 6) is 1.56. The number of piperazine rings is 1. The monoisotopic (exact) mass is 575 g/mol. The van der Waals surface area contributed by atoms with Gasteiger partial charge in [0, 0.05) is 56.1 Å². The van der Waals surface area contributed by atoms with Crippen LogP contribution in [-0.4, -0.2) is 87.0 Å². The smallest absolute Gasteiger partial charge is 0.290 e. The van der Waals surface area contributed by atoms with Gasteiger partial charge in [-0.2, -0.15) is 5.26 Å². The first-order valence-corrected chi connectivity index (χ1v) is 12.9. The third-order valence-electron chi connectivity index (χ3n) is 6.22. The fourth-order valence-electron chi connectivity index (χ4n) is 4.20. The van der Waals surface area contributed by atoms with Gasteiger partial charge in [-0.1, -0.05) is 23.2 Å². The zero-order valence-electron chi connectivity index (χ0n) is 22.0. The summed E-state index contributed by atoms with van der Waals surface area (Å²) in [6.45, 7) is 5.68. The minimum Gasteiger partial charge on any atom is -0.494 e. The highest BCUT2D eigenvalue weighted by Crippen LogP contribution is 2.40. The Labute approximate surface area is 237 Å². The van der Waals surface area contributed by atoms with E-state index in [1.165, 1.54) is 13.3 Å². The Morgan fingerprint density at radius 2 is 1.77 bits per heavy atom.